The van der Waals surface area contributed by atoms with E-state index in [1.807, 2.05) is 0 Å². The molecule has 1 atom stereocenters. The Morgan fingerprint density at radius 3 is 2.20 bits per heavy atom. The van der Waals surface area contributed by atoms with E-state index >= 15 is 0 Å². The Morgan fingerprint density at radius 1 is 1.00 bits per heavy atom. The number of hydrogen-bond acceptors (Lipinski definition) is 4. The van der Waals surface area contributed by atoms with Gasteiger partial charge < -0.3 is 10.6 Å². The molecular weight excluding hydrogens is 248 g/mol. The second-order valence-corrected chi connectivity index (χ2v) is 5.82. The first-order chi connectivity index (χ1) is 9.49. The molecule has 0 aliphatic carbocycles. The molecule has 0 bridgehead atoms. The fourth-order valence-electron chi connectivity index (χ4n) is 2.09. The Hall–Kier alpha value is -1.32. The molecule has 1 unspecified atom stereocenters. The van der Waals surface area contributed by atoms with Gasteiger partial charge in [0.25, 0.3) is 0 Å². The topological polar surface area (TPSA) is 49.8 Å². The lowest BCUT2D eigenvalue weighted by Crippen LogP contribution is -2.19. The van der Waals surface area contributed by atoms with Crippen LogP contribution in [0.15, 0.2) is 0 Å². The molecule has 1 aromatic heterocycles. The van der Waals surface area contributed by atoms with Crippen molar-refractivity contribution in [2.45, 2.75) is 72.8 Å². The van der Waals surface area contributed by atoms with Crippen LogP contribution < -0.4 is 10.6 Å². The van der Waals surface area contributed by atoms with Gasteiger partial charge in [0.15, 0.2) is 0 Å². The summed E-state index contributed by atoms with van der Waals surface area (Å²) in [4.78, 5) is 9.36. The van der Waals surface area contributed by atoms with Crippen molar-refractivity contribution in [2.24, 2.45) is 0 Å². The summed E-state index contributed by atoms with van der Waals surface area (Å²) in [7, 11) is 0. The van der Waals surface area contributed by atoms with E-state index in [0.29, 0.717) is 12.0 Å². The van der Waals surface area contributed by atoms with Gasteiger partial charge in [-0.15, -0.1) is 0 Å². The van der Waals surface area contributed by atoms with Gasteiger partial charge in [-0.3, -0.25) is 0 Å². The molecule has 0 amide bonds. The Labute approximate surface area is 123 Å². The maximum Gasteiger partial charge on any atom is 0.135 e. The van der Waals surface area contributed by atoms with Gasteiger partial charge in [-0.1, -0.05) is 34.1 Å². The summed E-state index contributed by atoms with van der Waals surface area (Å²) in [5.41, 5.74) is 1.12. The van der Waals surface area contributed by atoms with Gasteiger partial charge in [0.05, 0.1) is 0 Å². The van der Waals surface area contributed by atoms with Crippen molar-refractivity contribution in [1.82, 2.24) is 9.97 Å². The number of rotatable bonds is 8. The molecule has 0 fully saturated rings. The molecule has 0 aliphatic rings. The van der Waals surface area contributed by atoms with Crippen LogP contribution in [0.2, 0.25) is 0 Å². The number of aromatic nitrogens is 2. The number of anilines is 2. The van der Waals surface area contributed by atoms with Crippen molar-refractivity contribution < 1.29 is 0 Å². The van der Waals surface area contributed by atoms with E-state index in [1.54, 1.807) is 0 Å². The van der Waals surface area contributed by atoms with E-state index in [2.05, 4.69) is 57.2 Å². The molecular formula is C16H30N4. The van der Waals surface area contributed by atoms with E-state index in [1.165, 1.54) is 6.42 Å². The van der Waals surface area contributed by atoms with Crippen LogP contribution in [0.1, 0.15) is 71.2 Å². The number of nitrogens with one attached hydrogen (secondary N) is 2. The summed E-state index contributed by atoms with van der Waals surface area (Å²) in [6.45, 7) is 13.9. The summed E-state index contributed by atoms with van der Waals surface area (Å²) in [5.74, 6) is 3.18. The van der Waals surface area contributed by atoms with Gasteiger partial charge in [0, 0.05) is 24.1 Å². The van der Waals surface area contributed by atoms with E-state index in [4.69, 9.17) is 4.98 Å². The molecule has 1 aromatic rings. The average Bonchev–Trinajstić information content (AvgIpc) is 2.39. The van der Waals surface area contributed by atoms with Crippen LogP contribution in [0.5, 0.6) is 0 Å². The van der Waals surface area contributed by atoms with E-state index in [0.717, 1.165) is 42.4 Å². The molecule has 4 heteroatoms. The van der Waals surface area contributed by atoms with E-state index in [9.17, 15) is 0 Å². The molecule has 0 aliphatic heterocycles. The van der Waals surface area contributed by atoms with Crippen LogP contribution >= 0.6 is 0 Å². The highest BCUT2D eigenvalue weighted by molar-refractivity contribution is 5.57. The highest BCUT2D eigenvalue weighted by atomic mass is 15.1. The zero-order chi connectivity index (χ0) is 15.1. The third-order valence-corrected chi connectivity index (χ3v) is 3.33. The third kappa shape index (κ3) is 4.66. The first kappa shape index (κ1) is 16.7. The minimum absolute atomic E-state index is 0.333. The van der Waals surface area contributed by atoms with Crippen molar-refractivity contribution in [3.05, 3.63) is 11.4 Å². The number of hydrogen-bond donors (Lipinski definition) is 2. The predicted molar refractivity (Wildman–Crippen MR) is 87.6 cm³/mol. The van der Waals surface area contributed by atoms with Gasteiger partial charge in [-0.2, -0.15) is 0 Å². The Kier molecular flexibility index (Phi) is 6.76. The first-order valence-electron chi connectivity index (χ1n) is 7.88. The van der Waals surface area contributed by atoms with Crippen molar-refractivity contribution in [3.8, 4) is 0 Å². The Morgan fingerprint density at radius 2 is 1.65 bits per heavy atom. The fraction of sp³-hybridized carbons (Fsp3) is 0.750. The average molecular weight is 278 g/mol. The van der Waals surface area contributed by atoms with Gasteiger partial charge in [-0.05, 0) is 26.7 Å². The van der Waals surface area contributed by atoms with Crippen LogP contribution in [0, 0.1) is 6.92 Å². The van der Waals surface area contributed by atoms with Crippen molar-refractivity contribution in [2.75, 3.05) is 17.2 Å². The lowest BCUT2D eigenvalue weighted by atomic mass is 10.1. The number of nitrogens with zero attached hydrogens (tertiary/aromatic N) is 2. The summed E-state index contributed by atoms with van der Waals surface area (Å²) >= 11 is 0. The smallest absolute Gasteiger partial charge is 0.135 e. The molecule has 114 valence electrons. The molecule has 0 saturated heterocycles. The second kappa shape index (κ2) is 8.08. The first-order valence-corrected chi connectivity index (χ1v) is 7.88. The minimum atomic E-state index is 0.333. The molecule has 4 nitrogen and oxygen atoms in total. The Bertz CT molecular complexity index is 415. The molecule has 0 aromatic carbocycles. The maximum absolute atomic E-state index is 4.70. The van der Waals surface area contributed by atoms with Crippen molar-refractivity contribution >= 4 is 11.6 Å². The van der Waals surface area contributed by atoms with Crippen LogP contribution in [-0.4, -0.2) is 22.6 Å². The highest BCUT2D eigenvalue weighted by Crippen LogP contribution is 2.24. The van der Waals surface area contributed by atoms with Gasteiger partial charge >= 0.3 is 0 Å². The van der Waals surface area contributed by atoms with Gasteiger partial charge in [0.2, 0.25) is 0 Å². The summed E-state index contributed by atoms with van der Waals surface area (Å²) < 4.78 is 0. The monoisotopic (exact) mass is 278 g/mol. The fourth-order valence-corrected chi connectivity index (χ4v) is 2.09. The predicted octanol–water partition coefficient (Wildman–Crippen LogP) is 4.33. The summed E-state index contributed by atoms with van der Waals surface area (Å²) in [6, 6.07) is 0.438. The maximum atomic E-state index is 4.70. The molecule has 1 rings (SSSR count). The Balaban J connectivity index is 3.03. The molecule has 20 heavy (non-hydrogen) atoms. The summed E-state index contributed by atoms with van der Waals surface area (Å²) in [5, 5.41) is 6.94. The van der Waals surface area contributed by atoms with Gasteiger partial charge in [-0.25, -0.2) is 9.97 Å². The molecule has 0 radical (unpaired) electrons. The second-order valence-electron chi connectivity index (χ2n) is 5.82. The van der Waals surface area contributed by atoms with Crippen LogP contribution in [0.3, 0.4) is 0 Å². The quantitative estimate of drug-likeness (QED) is 0.743. The van der Waals surface area contributed by atoms with E-state index in [-0.39, 0.29) is 0 Å². The van der Waals surface area contributed by atoms with Crippen molar-refractivity contribution in [1.29, 1.82) is 0 Å². The van der Waals surface area contributed by atoms with Crippen LogP contribution in [-0.2, 0) is 0 Å². The lowest BCUT2D eigenvalue weighted by Gasteiger charge is -2.19. The SMILES string of the molecule is CCCNc1nc(C(C)C)nc(NC(C)CCC)c1C. The molecule has 0 saturated carbocycles. The van der Waals surface area contributed by atoms with Crippen molar-refractivity contribution in [3.63, 3.8) is 0 Å². The highest BCUT2D eigenvalue weighted by Gasteiger charge is 2.14. The lowest BCUT2D eigenvalue weighted by molar-refractivity contribution is 0.682. The largest absolute Gasteiger partial charge is 0.370 e. The molecule has 2 N–H and O–H groups in total. The van der Waals surface area contributed by atoms with Gasteiger partial charge in [0.1, 0.15) is 17.5 Å². The van der Waals surface area contributed by atoms with Crippen LogP contribution in [0.4, 0.5) is 11.6 Å². The zero-order valence-corrected chi connectivity index (χ0v) is 13.9. The molecule has 0 spiro atoms. The minimum Gasteiger partial charge on any atom is -0.370 e. The van der Waals surface area contributed by atoms with E-state index < -0.39 is 0 Å². The standard InChI is InChI=1S/C16H30N4/c1-7-9-12(5)18-16-13(6)15(17-10-8-2)19-14(20-16)11(3)4/h11-12H,7-10H2,1-6H3,(H2,17,18,19,20). The molecule has 1 heterocycles. The zero-order valence-electron chi connectivity index (χ0n) is 13.9. The summed E-state index contributed by atoms with van der Waals surface area (Å²) in [6.07, 6.45) is 3.42. The van der Waals surface area contributed by atoms with Crippen LogP contribution in [0.25, 0.3) is 0 Å². The normalized spacial score (nSPS) is 12.6. The third-order valence-electron chi connectivity index (χ3n) is 3.33.